The van der Waals surface area contributed by atoms with Crippen LogP contribution in [0.1, 0.15) is 117 Å². The summed E-state index contributed by atoms with van der Waals surface area (Å²) in [6.45, 7) is 5.14. The first-order valence-electron chi connectivity index (χ1n) is 14.2. The van der Waals surface area contributed by atoms with Crippen LogP contribution in [0.15, 0.2) is 48.6 Å². The number of rotatable bonds is 25. The fourth-order valence-corrected chi connectivity index (χ4v) is 3.55. The van der Waals surface area contributed by atoms with Crippen LogP contribution in [-0.2, 0) is 14.3 Å². The molecule has 0 saturated heterocycles. The van der Waals surface area contributed by atoms with Crippen LogP contribution >= 0.6 is 0 Å². The number of hydrogen-bond acceptors (Lipinski definition) is 4. The summed E-state index contributed by atoms with van der Waals surface area (Å²) in [6, 6.07) is 0. The molecule has 0 saturated carbocycles. The molecule has 0 bridgehead atoms. The number of aliphatic hydroxyl groups is 1. The van der Waals surface area contributed by atoms with Gasteiger partial charge in [-0.3, -0.25) is 4.79 Å². The summed E-state index contributed by atoms with van der Waals surface area (Å²) in [6.07, 6.45) is 34.2. The highest BCUT2D eigenvalue weighted by Gasteiger charge is 2.13. The third-order valence-electron chi connectivity index (χ3n) is 5.67. The minimum absolute atomic E-state index is 0.183. The normalized spacial score (nSPS) is 13.1. The second kappa shape index (κ2) is 28.6. The van der Waals surface area contributed by atoms with E-state index in [-0.39, 0.29) is 19.2 Å². The van der Waals surface area contributed by atoms with Crippen molar-refractivity contribution < 1.29 is 19.4 Å². The molecule has 0 radical (unpaired) electrons. The van der Waals surface area contributed by atoms with Crippen LogP contribution in [0.2, 0.25) is 0 Å². The molecule has 4 nitrogen and oxygen atoms in total. The van der Waals surface area contributed by atoms with E-state index in [1.165, 1.54) is 32.1 Å². The first-order chi connectivity index (χ1) is 17.2. The predicted molar refractivity (Wildman–Crippen MR) is 150 cm³/mol. The Hall–Kier alpha value is -1.65. The third-order valence-corrected chi connectivity index (χ3v) is 5.67. The Bertz CT molecular complexity index is 562. The second-order valence-electron chi connectivity index (χ2n) is 9.09. The van der Waals surface area contributed by atoms with Gasteiger partial charge in [-0.25, -0.2) is 0 Å². The molecule has 0 fully saturated rings. The number of carbonyl (C=O) groups excluding carboxylic acids is 1. The van der Waals surface area contributed by atoms with Crippen molar-refractivity contribution >= 4 is 5.97 Å². The molecule has 4 heteroatoms. The highest BCUT2D eigenvalue weighted by Crippen LogP contribution is 2.09. The average molecular weight is 491 g/mol. The number of esters is 1. The van der Waals surface area contributed by atoms with Crippen LogP contribution in [0.3, 0.4) is 0 Å². The monoisotopic (exact) mass is 490 g/mol. The summed E-state index contributed by atoms with van der Waals surface area (Å²) in [4.78, 5) is 12.0. The molecule has 0 rings (SSSR count). The van der Waals surface area contributed by atoms with Crippen molar-refractivity contribution in [2.75, 3.05) is 19.8 Å². The fraction of sp³-hybridized carbons (Fsp3) is 0.710. The molecule has 35 heavy (non-hydrogen) atoms. The number of hydrogen-bond donors (Lipinski definition) is 1. The SMILES string of the molecule is CC/C=C\C/C=C\C/C=C\C/C=C\CCCCCCC(=O)OC(CO)COCCCCCCCC. The van der Waals surface area contributed by atoms with Crippen LogP contribution < -0.4 is 0 Å². The van der Waals surface area contributed by atoms with E-state index in [9.17, 15) is 9.90 Å². The van der Waals surface area contributed by atoms with Gasteiger partial charge in [0.05, 0.1) is 13.2 Å². The van der Waals surface area contributed by atoms with Gasteiger partial charge in [0.2, 0.25) is 0 Å². The number of ether oxygens (including phenoxy) is 2. The van der Waals surface area contributed by atoms with Gasteiger partial charge in [0.1, 0.15) is 6.10 Å². The lowest BCUT2D eigenvalue weighted by Crippen LogP contribution is -2.27. The maximum atomic E-state index is 12.0. The lowest BCUT2D eigenvalue weighted by Gasteiger charge is -2.15. The van der Waals surface area contributed by atoms with Gasteiger partial charge in [-0.15, -0.1) is 0 Å². The number of aliphatic hydroxyl groups excluding tert-OH is 1. The molecule has 202 valence electrons. The molecule has 0 aromatic rings. The van der Waals surface area contributed by atoms with E-state index in [0.717, 1.165) is 64.2 Å². The predicted octanol–water partition coefficient (Wildman–Crippen LogP) is 8.41. The summed E-state index contributed by atoms with van der Waals surface area (Å²) < 4.78 is 10.9. The van der Waals surface area contributed by atoms with Gasteiger partial charge in [-0.2, -0.15) is 0 Å². The van der Waals surface area contributed by atoms with Crippen LogP contribution in [-0.4, -0.2) is 37.0 Å². The summed E-state index contributed by atoms with van der Waals surface area (Å²) in [7, 11) is 0. The van der Waals surface area contributed by atoms with Crippen molar-refractivity contribution in [1.29, 1.82) is 0 Å². The van der Waals surface area contributed by atoms with Crippen molar-refractivity contribution in [3.63, 3.8) is 0 Å². The Kier molecular flexibility index (Phi) is 27.2. The van der Waals surface area contributed by atoms with E-state index in [0.29, 0.717) is 13.0 Å². The van der Waals surface area contributed by atoms with E-state index in [1.54, 1.807) is 0 Å². The van der Waals surface area contributed by atoms with Crippen molar-refractivity contribution in [3.05, 3.63) is 48.6 Å². The quantitative estimate of drug-likeness (QED) is 0.0792. The minimum atomic E-state index is -0.541. The smallest absolute Gasteiger partial charge is 0.306 e. The zero-order valence-electron chi connectivity index (χ0n) is 22.8. The Morgan fingerprint density at radius 1 is 0.714 bits per heavy atom. The van der Waals surface area contributed by atoms with Gasteiger partial charge in [-0.1, -0.05) is 107 Å². The van der Waals surface area contributed by atoms with E-state index < -0.39 is 6.10 Å². The van der Waals surface area contributed by atoms with Crippen molar-refractivity contribution in [2.45, 2.75) is 123 Å². The zero-order chi connectivity index (χ0) is 25.7. The van der Waals surface area contributed by atoms with Gasteiger partial charge >= 0.3 is 5.97 Å². The molecule has 1 unspecified atom stereocenters. The summed E-state index contributed by atoms with van der Waals surface area (Å²) in [5.41, 5.74) is 0. The molecular weight excluding hydrogens is 436 g/mol. The Morgan fingerprint density at radius 3 is 1.94 bits per heavy atom. The molecule has 0 aromatic carbocycles. The van der Waals surface area contributed by atoms with Gasteiger partial charge < -0.3 is 14.6 Å². The van der Waals surface area contributed by atoms with E-state index in [1.807, 2.05) is 0 Å². The topological polar surface area (TPSA) is 55.8 Å². The van der Waals surface area contributed by atoms with Crippen molar-refractivity contribution in [1.82, 2.24) is 0 Å². The molecule has 0 aromatic heterocycles. The van der Waals surface area contributed by atoms with Gasteiger partial charge in [-0.05, 0) is 51.4 Å². The summed E-state index contributed by atoms with van der Waals surface area (Å²) >= 11 is 0. The molecule has 1 N–H and O–H groups in total. The summed E-state index contributed by atoms with van der Waals surface area (Å²) in [5.74, 6) is -0.230. The second-order valence-corrected chi connectivity index (χ2v) is 9.09. The van der Waals surface area contributed by atoms with E-state index in [2.05, 4.69) is 62.5 Å². The molecule has 0 aliphatic heterocycles. The van der Waals surface area contributed by atoms with Gasteiger partial charge in [0.15, 0.2) is 0 Å². The lowest BCUT2D eigenvalue weighted by atomic mass is 10.1. The molecule has 0 heterocycles. The van der Waals surface area contributed by atoms with Crippen LogP contribution in [0, 0.1) is 0 Å². The largest absolute Gasteiger partial charge is 0.457 e. The molecular formula is C31H54O4. The zero-order valence-corrected chi connectivity index (χ0v) is 22.8. The average Bonchev–Trinajstić information content (AvgIpc) is 2.86. The highest BCUT2D eigenvalue weighted by molar-refractivity contribution is 5.69. The van der Waals surface area contributed by atoms with Gasteiger partial charge in [0.25, 0.3) is 0 Å². The Labute approximate surface area is 216 Å². The first-order valence-corrected chi connectivity index (χ1v) is 14.2. The lowest BCUT2D eigenvalue weighted by molar-refractivity contribution is -0.154. The Morgan fingerprint density at radius 2 is 1.29 bits per heavy atom. The van der Waals surface area contributed by atoms with E-state index in [4.69, 9.17) is 9.47 Å². The van der Waals surface area contributed by atoms with E-state index >= 15 is 0 Å². The third kappa shape index (κ3) is 26.8. The maximum Gasteiger partial charge on any atom is 0.306 e. The number of unbranched alkanes of at least 4 members (excludes halogenated alkanes) is 9. The van der Waals surface area contributed by atoms with Crippen LogP contribution in [0.4, 0.5) is 0 Å². The maximum absolute atomic E-state index is 12.0. The highest BCUT2D eigenvalue weighted by atomic mass is 16.6. The Balaban J connectivity index is 3.57. The molecule has 0 aliphatic carbocycles. The molecule has 0 aliphatic rings. The number of carbonyl (C=O) groups is 1. The van der Waals surface area contributed by atoms with Crippen LogP contribution in [0.25, 0.3) is 0 Å². The molecule has 0 spiro atoms. The summed E-state index contributed by atoms with van der Waals surface area (Å²) in [5, 5.41) is 9.42. The molecule has 1 atom stereocenters. The fourth-order valence-electron chi connectivity index (χ4n) is 3.55. The van der Waals surface area contributed by atoms with Crippen molar-refractivity contribution in [2.24, 2.45) is 0 Å². The first kappa shape index (κ1) is 33.4. The number of allylic oxidation sites excluding steroid dienone is 8. The van der Waals surface area contributed by atoms with Crippen molar-refractivity contribution in [3.8, 4) is 0 Å². The van der Waals surface area contributed by atoms with Crippen LogP contribution in [0.5, 0.6) is 0 Å². The molecule has 0 amide bonds. The standard InChI is InChI=1S/C31H54O4/c1-3-5-7-9-11-12-13-14-15-16-17-18-19-20-21-22-24-26-31(33)35-30(28-32)29-34-27-25-23-10-8-6-4-2/h5,7,11-12,14-15,17-18,30,32H,3-4,6,8-10,13,16,19-29H2,1-2H3/b7-5-,12-11-,15-14-,18-17-. The van der Waals surface area contributed by atoms with Gasteiger partial charge in [0, 0.05) is 13.0 Å². The minimum Gasteiger partial charge on any atom is -0.457 e.